The number of likely N-dealkylation sites (tertiary alicyclic amines) is 1. The molecule has 11 N–H and O–H groups in total. The number of primary amides is 1. The van der Waals surface area contributed by atoms with Gasteiger partial charge in [0.1, 0.15) is 47.3 Å². The molecule has 5 rings (SSSR count). The Hall–Kier alpha value is -8.50. The van der Waals surface area contributed by atoms with Gasteiger partial charge in [-0.3, -0.25) is 58.4 Å². The first-order valence-corrected chi connectivity index (χ1v) is 35.4. The van der Waals surface area contributed by atoms with Gasteiger partial charge in [0.15, 0.2) is 0 Å². The number of carbonyl (C=O) groups excluding carboxylic acids is 11. The molecule has 1 fully saturated rings. The van der Waals surface area contributed by atoms with Crippen LogP contribution in [0.15, 0.2) is 66.1 Å². The first-order chi connectivity index (χ1) is 46.7. The molecular weight excluding hydrogens is 1280 g/mol. The third-order valence-corrected chi connectivity index (χ3v) is 18.5. The fraction of sp³-hybridized carbons (Fsp3) is 0.600. The van der Waals surface area contributed by atoms with E-state index in [0.717, 1.165) is 36.3 Å². The second-order valence-corrected chi connectivity index (χ2v) is 27.1. The molecule has 3 aromatic rings. The fourth-order valence-corrected chi connectivity index (χ4v) is 12.5. The van der Waals surface area contributed by atoms with Crippen LogP contribution in [-0.4, -0.2) is 166 Å². The van der Waals surface area contributed by atoms with Crippen molar-refractivity contribution in [2.45, 2.75) is 208 Å². The van der Waals surface area contributed by atoms with Crippen molar-refractivity contribution < 1.29 is 67.3 Å². The molecule has 0 spiro atoms. The van der Waals surface area contributed by atoms with E-state index in [9.17, 15) is 57.8 Å². The highest BCUT2D eigenvalue weighted by atomic mass is 32.1. The van der Waals surface area contributed by atoms with Crippen LogP contribution < -0.4 is 48.5 Å². The van der Waals surface area contributed by atoms with Crippen LogP contribution in [0, 0.1) is 23.7 Å². The summed E-state index contributed by atoms with van der Waals surface area (Å²) in [7, 11) is 1.95. The van der Waals surface area contributed by atoms with Gasteiger partial charge in [-0.05, 0) is 131 Å². The number of imide groups is 1. The third kappa shape index (κ3) is 26.1. The molecule has 0 bridgehead atoms. The lowest BCUT2D eigenvalue weighted by atomic mass is 9.92. The van der Waals surface area contributed by atoms with E-state index in [4.69, 9.17) is 20.2 Å². The van der Waals surface area contributed by atoms with Crippen LogP contribution in [0.1, 0.15) is 185 Å². The molecule has 0 saturated carbocycles. The van der Waals surface area contributed by atoms with E-state index in [2.05, 4.69) is 61.5 Å². The number of phenols is 1. The number of piperidine rings is 1. The number of carbonyl (C=O) groups is 11. The molecule has 2 unspecified atom stereocenters. The van der Waals surface area contributed by atoms with Crippen molar-refractivity contribution in [3.63, 3.8) is 0 Å². The lowest BCUT2D eigenvalue weighted by molar-refractivity contribution is -0.143. The van der Waals surface area contributed by atoms with Crippen molar-refractivity contribution in [2.75, 3.05) is 45.2 Å². The van der Waals surface area contributed by atoms with Gasteiger partial charge in [-0.15, -0.1) is 11.3 Å². The van der Waals surface area contributed by atoms with Gasteiger partial charge in [-0.25, -0.2) is 20.0 Å². The summed E-state index contributed by atoms with van der Waals surface area (Å²) in [4.78, 5) is 155. The summed E-state index contributed by atoms with van der Waals surface area (Å²) in [5.74, 6) is -4.92. The minimum atomic E-state index is -1.11. The fourth-order valence-electron chi connectivity index (χ4n) is 11.7. The Kier molecular flexibility index (Phi) is 33.6. The monoisotopic (exact) mass is 1380 g/mol. The summed E-state index contributed by atoms with van der Waals surface area (Å²) >= 11 is 1.28. The topological polar surface area (TPSA) is 371 Å². The maximum atomic E-state index is 14.9. The Balaban J connectivity index is 1.17. The number of urea groups is 1. The average Bonchev–Trinajstić information content (AvgIpc) is 1.13. The number of aromatic hydroxyl groups is 1. The van der Waals surface area contributed by atoms with Gasteiger partial charge in [0.25, 0.3) is 17.7 Å². The number of amides is 12. The predicted octanol–water partition coefficient (Wildman–Crippen LogP) is 6.81. The standard InChI is InChI=1S/C70H105N13O14S/c1-11-34-82(68(93)61(45(8)13-3)78-65(91)54-21-16-18-35-81(54)10)55(43(4)5)40-56(96-37-12-2)67-76-53(42-98-67)64(90)74-50(39-47-25-29-51(84)30-26-47)38-46(9)62(88)79-80-70(95)97-41-48-23-27-49(28-24-48)73-63(89)52(20-19-33-72-69(71)94)75-66(92)60(44(6)7)77-57(85)22-15-14-17-36-83-58(86)31-32-59(83)87/h23-32,42-46,50,52,54-56,60-61,84H,11-22,33-41H2,1-10H3,(H,73,89)(H,74,90)(H,75,92)(H,77,85)(H,78,91)(H,79,88)(H,80,95)(H3,71,72,94)/t45-,46-,50+,52?,54+,55+,56?,60+,61-/m0/s1. The number of nitrogens with zero attached hydrogens (tertiary/aromatic N) is 4. The molecule has 12 amide bonds. The first kappa shape index (κ1) is 80.2. The van der Waals surface area contributed by atoms with Crippen LogP contribution in [0.2, 0.25) is 0 Å². The Bertz CT molecular complexity index is 3150. The van der Waals surface area contributed by atoms with Gasteiger partial charge in [-0.1, -0.05) is 106 Å². The van der Waals surface area contributed by atoms with Gasteiger partial charge in [0.2, 0.25) is 35.4 Å². The van der Waals surface area contributed by atoms with Crippen molar-refractivity contribution >= 4 is 82.3 Å². The van der Waals surface area contributed by atoms with Gasteiger partial charge in [0.05, 0.1) is 6.04 Å². The molecule has 540 valence electrons. The van der Waals surface area contributed by atoms with Gasteiger partial charge in [0, 0.05) is 80.3 Å². The Labute approximate surface area is 580 Å². The number of hydrogen-bond donors (Lipinski definition) is 10. The molecule has 98 heavy (non-hydrogen) atoms. The minimum Gasteiger partial charge on any atom is -0.508 e. The van der Waals surface area contributed by atoms with Crippen LogP contribution in [0.25, 0.3) is 0 Å². The highest BCUT2D eigenvalue weighted by Gasteiger charge is 2.39. The van der Waals surface area contributed by atoms with E-state index >= 15 is 0 Å². The van der Waals surface area contributed by atoms with Gasteiger partial charge < -0.3 is 57.1 Å². The lowest BCUT2D eigenvalue weighted by Gasteiger charge is -2.40. The van der Waals surface area contributed by atoms with E-state index in [1.165, 1.54) is 35.6 Å². The summed E-state index contributed by atoms with van der Waals surface area (Å²) in [6.45, 7) is 19.1. The summed E-state index contributed by atoms with van der Waals surface area (Å²) in [6.07, 6.45) is 8.36. The SMILES string of the molecule is CCCOC(C[C@H](C(C)C)N(CCC)C(=O)[C@@H](NC(=O)[C@H]1CCCCN1C)[C@@H](C)CC)c1nc(C(=O)N[C@@H](Cc2ccc(O)cc2)C[C@H](C)C(=O)NNC(=O)OCc2ccc(NC(=O)C(CCCNC(N)=O)NC(=O)[C@H](NC(=O)CCCCCN3C(=O)C=CC3=O)C(C)C)cc2)cs1. The number of aromatic nitrogens is 1. The second kappa shape index (κ2) is 41.0. The number of hydrogen-bond acceptors (Lipinski definition) is 17. The number of thiazole rings is 1. The van der Waals surface area contributed by atoms with Crippen LogP contribution in [0.3, 0.4) is 0 Å². The van der Waals surface area contributed by atoms with E-state index in [0.29, 0.717) is 74.4 Å². The molecule has 28 heteroatoms. The van der Waals surface area contributed by atoms with E-state index in [-0.39, 0.29) is 117 Å². The number of ether oxygens (including phenoxy) is 2. The van der Waals surface area contributed by atoms with Crippen molar-refractivity contribution in [1.82, 2.24) is 57.1 Å². The molecule has 27 nitrogen and oxygen atoms in total. The third-order valence-electron chi connectivity index (χ3n) is 17.5. The lowest BCUT2D eigenvalue weighted by Crippen LogP contribution is -2.58. The molecular formula is C70H105N13O14S. The Morgan fingerprint density at radius 3 is 2.09 bits per heavy atom. The zero-order valence-electron chi connectivity index (χ0n) is 58.6. The molecule has 2 aliphatic rings. The number of nitrogens with two attached hydrogens (primary N) is 1. The zero-order chi connectivity index (χ0) is 72.0. The van der Waals surface area contributed by atoms with Crippen LogP contribution >= 0.6 is 11.3 Å². The smallest absolute Gasteiger partial charge is 0.426 e. The Morgan fingerprint density at radius 1 is 0.765 bits per heavy atom. The van der Waals surface area contributed by atoms with Crippen molar-refractivity contribution in [2.24, 2.45) is 29.4 Å². The highest BCUT2D eigenvalue weighted by molar-refractivity contribution is 7.09. The van der Waals surface area contributed by atoms with E-state index in [1.807, 2.05) is 39.6 Å². The summed E-state index contributed by atoms with van der Waals surface area (Å²) in [5.41, 5.74) is 11.6. The molecule has 2 aliphatic heterocycles. The highest BCUT2D eigenvalue weighted by Crippen LogP contribution is 2.32. The molecule has 9 atom stereocenters. The van der Waals surface area contributed by atoms with Crippen LogP contribution in [0.5, 0.6) is 5.75 Å². The van der Waals surface area contributed by atoms with Crippen LogP contribution in [0.4, 0.5) is 15.3 Å². The largest absolute Gasteiger partial charge is 0.508 e. The number of anilines is 1. The number of hydrazine groups is 1. The van der Waals surface area contributed by atoms with E-state index in [1.54, 1.807) is 62.5 Å². The first-order valence-electron chi connectivity index (χ1n) is 34.5. The molecule has 0 radical (unpaired) electrons. The zero-order valence-corrected chi connectivity index (χ0v) is 59.4. The molecule has 1 saturated heterocycles. The van der Waals surface area contributed by atoms with Gasteiger partial charge in [-0.2, -0.15) is 0 Å². The number of benzene rings is 2. The molecule has 3 heterocycles. The van der Waals surface area contributed by atoms with Crippen molar-refractivity contribution in [1.29, 1.82) is 0 Å². The van der Waals surface area contributed by atoms with Gasteiger partial charge >= 0.3 is 12.1 Å². The molecule has 2 aromatic carbocycles. The second-order valence-electron chi connectivity index (χ2n) is 26.2. The molecule has 0 aliphatic carbocycles. The number of rotatable bonds is 40. The maximum absolute atomic E-state index is 14.9. The molecule has 1 aromatic heterocycles. The summed E-state index contributed by atoms with van der Waals surface area (Å²) < 4.78 is 11.9. The number of phenolic OH excluding ortho intramolecular Hbond substituents is 1. The van der Waals surface area contributed by atoms with Crippen molar-refractivity contribution in [3.8, 4) is 5.75 Å². The number of unbranched alkanes of at least 4 members (excludes halogenated alkanes) is 2. The summed E-state index contributed by atoms with van der Waals surface area (Å²) in [6, 6.07) is 7.93. The Morgan fingerprint density at radius 2 is 1.46 bits per heavy atom. The number of likely N-dealkylation sites (N-methyl/N-ethyl adjacent to an activating group) is 1. The minimum absolute atomic E-state index is 0.0155. The maximum Gasteiger partial charge on any atom is 0.426 e. The quantitative estimate of drug-likeness (QED) is 0.0159. The van der Waals surface area contributed by atoms with Crippen molar-refractivity contribution in [3.05, 3.63) is 87.9 Å². The summed E-state index contributed by atoms with van der Waals surface area (Å²) in [5, 5.41) is 29.3. The predicted molar refractivity (Wildman–Crippen MR) is 371 cm³/mol. The van der Waals surface area contributed by atoms with E-state index < -0.39 is 77.8 Å². The van der Waals surface area contributed by atoms with Crippen LogP contribution in [-0.2, 0) is 60.9 Å². The number of nitrogens with one attached hydrogen (secondary N) is 8. The average molecular weight is 1380 g/mol. The normalized spacial score (nSPS) is 16.4.